The number of amides is 1. The minimum Gasteiger partial charge on any atom is -0.355 e. The number of aryl methyl sites for hydroxylation is 2. The monoisotopic (exact) mass is 405 g/mol. The van der Waals surface area contributed by atoms with E-state index in [1.54, 1.807) is 6.92 Å². The molecule has 1 amide bonds. The number of carbonyl (C=O) groups is 1. The summed E-state index contributed by atoms with van der Waals surface area (Å²) < 4.78 is 25.3. The summed E-state index contributed by atoms with van der Waals surface area (Å²) in [6, 6.07) is 13.7. The van der Waals surface area contributed by atoms with Crippen LogP contribution in [0.1, 0.15) is 17.5 Å². The lowest BCUT2D eigenvalue weighted by Crippen LogP contribution is -2.41. The number of anilines is 1. The molecule has 0 unspecified atom stereocenters. The fourth-order valence-corrected chi connectivity index (χ4v) is 3.62. The van der Waals surface area contributed by atoms with Crippen LogP contribution in [0.2, 0.25) is 0 Å². The van der Waals surface area contributed by atoms with Gasteiger partial charge in [-0.3, -0.25) is 19.2 Å². The van der Waals surface area contributed by atoms with E-state index in [1.807, 2.05) is 30.3 Å². The highest BCUT2D eigenvalue weighted by atomic mass is 32.2. The number of nitrogens with zero attached hydrogens (tertiary/aromatic N) is 2. The first-order valence-electron chi connectivity index (χ1n) is 8.72. The van der Waals surface area contributed by atoms with E-state index in [9.17, 15) is 23.3 Å². The maximum Gasteiger partial charge on any atom is 0.271 e. The summed E-state index contributed by atoms with van der Waals surface area (Å²) in [6.07, 6.45) is 2.47. The average molecular weight is 405 g/mol. The Labute approximate surface area is 164 Å². The first kappa shape index (κ1) is 21.4. The molecule has 0 saturated carbocycles. The lowest BCUT2D eigenvalue weighted by Gasteiger charge is -2.23. The van der Waals surface area contributed by atoms with Gasteiger partial charge in [0.25, 0.3) is 5.69 Å². The standard InChI is InChI=1S/C19H23N3O5S/c1-15-10-11-17(22(24)25)13-18(15)21(28(2,26)27)14-19(23)20-12-6-9-16-7-4-3-5-8-16/h3-5,7-8,10-11,13H,6,9,12,14H2,1-2H3,(H,20,23). The second-order valence-corrected chi connectivity index (χ2v) is 8.34. The Morgan fingerprint density at radius 2 is 1.86 bits per heavy atom. The van der Waals surface area contributed by atoms with Crippen molar-refractivity contribution in [3.8, 4) is 0 Å². The molecule has 0 bridgehead atoms. The number of non-ortho nitro benzene ring substituents is 1. The number of carbonyl (C=O) groups excluding carboxylic acids is 1. The molecule has 1 N–H and O–H groups in total. The van der Waals surface area contributed by atoms with Gasteiger partial charge in [0.15, 0.2) is 0 Å². The molecule has 2 aromatic carbocycles. The molecule has 0 aromatic heterocycles. The van der Waals surface area contributed by atoms with Gasteiger partial charge in [-0.15, -0.1) is 0 Å². The molecule has 8 nitrogen and oxygen atoms in total. The van der Waals surface area contributed by atoms with Crippen LogP contribution in [-0.4, -0.2) is 38.6 Å². The number of sulfonamides is 1. The molecule has 28 heavy (non-hydrogen) atoms. The van der Waals surface area contributed by atoms with E-state index >= 15 is 0 Å². The zero-order valence-corrected chi connectivity index (χ0v) is 16.6. The minimum absolute atomic E-state index is 0.121. The Bertz CT molecular complexity index is 945. The maximum atomic E-state index is 12.3. The topological polar surface area (TPSA) is 110 Å². The molecule has 0 spiro atoms. The van der Waals surface area contributed by atoms with E-state index in [4.69, 9.17) is 0 Å². The molecular formula is C19H23N3O5S. The van der Waals surface area contributed by atoms with Crippen molar-refractivity contribution in [1.82, 2.24) is 5.32 Å². The molecule has 9 heteroatoms. The first-order valence-corrected chi connectivity index (χ1v) is 10.6. The summed E-state index contributed by atoms with van der Waals surface area (Å²) in [4.78, 5) is 22.7. The molecule has 0 aliphatic heterocycles. The maximum absolute atomic E-state index is 12.3. The molecule has 150 valence electrons. The Morgan fingerprint density at radius 3 is 2.46 bits per heavy atom. The number of hydrogen-bond acceptors (Lipinski definition) is 5. The molecule has 0 fully saturated rings. The molecule has 2 aromatic rings. The second-order valence-electron chi connectivity index (χ2n) is 6.44. The first-order chi connectivity index (χ1) is 13.2. The zero-order valence-electron chi connectivity index (χ0n) is 15.8. The van der Waals surface area contributed by atoms with E-state index in [0.29, 0.717) is 18.5 Å². The second kappa shape index (κ2) is 9.32. The van der Waals surface area contributed by atoms with Crippen molar-refractivity contribution >= 4 is 27.3 Å². The van der Waals surface area contributed by atoms with Crippen LogP contribution in [0.4, 0.5) is 11.4 Å². The number of nitrogens with one attached hydrogen (secondary N) is 1. The normalized spacial score (nSPS) is 11.1. The molecule has 0 radical (unpaired) electrons. The molecule has 0 atom stereocenters. The Kier molecular flexibility index (Phi) is 7.11. The van der Waals surface area contributed by atoms with Gasteiger partial charge in [0, 0.05) is 18.7 Å². The molecule has 0 heterocycles. The van der Waals surface area contributed by atoms with Gasteiger partial charge < -0.3 is 5.32 Å². The fraction of sp³-hybridized carbons (Fsp3) is 0.316. The number of benzene rings is 2. The predicted octanol–water partition coefficient (Wildman–Crippen LogP) is 2.42. The van der Waals surface area contributed by atoms with Crippen molar-refractivity contribution in [2.24, 2.45) is 0 Å². The van der Waals surface area contributed by atoms with E-state index in [0.717, 1.165) is 22.5 Å². The highest BCUT2D eigenvalue weighted by molar-refractivity contribution is 7.92. The van der Waals surface area contributed by atoms with Crippen molar-refractivity contribution in [1.29, 1.82) is 0 Å². The minimum atomic E-state index is -3.80. The van der Waals surface area contributed by atoms with Crippen molar-refractivity contribution in [2.45, 2.75) is 19.8 Å². The zero-order chi connectivity index (χ0) is 20.7. The van der Waals surface area contributed by atoms with Crippen LogP contribution >= 0.6 is 0 Å². The van der Waals surface area contributed by atoms with Gasteiger partial charge in [-0.1, -0.05) is 36.4 Å². The van der Waals surface area contributed by atoms with E-state index < -0.39 is 27.4 Å². The van der Waals surface area contributed by atoms with Crippen molar-refractivity contribution in [3.63, 3.8) is 0 Å². The van der Waals surface area contributed by atoms with Crippen molar-refractivity contribution in [3.05, 3.63) is 69.8 Å². The van der Waals surface area contributed by atoms with Crippen LogP contribution in [-0.2, 0) is 21.2 Å². The quantitative estimate of drug-likeness (QED) is 0.391. The van der Waals surface area contributed by atoms with Gasteiger partial charge in [0.05, 0.1) is 16.9 Å². The Balaban J connectivity index is 2.03. The highest BCUT2D eigenvalue weighted by Crippen LogP contribution is 2.27. The van der Waals surface area contributed by atoms with Gasteiger partial charge in [-0.05, 0) is 30.9 Å². The number of hydrogen-bond donors (Lipinski definition) is 1. The lowest BCUT2D eigenvalue weighted by molar-refractivity contribution is -0.384. The third-order valence-electron chi connectivity index (χ3n) is 4.17. The van der Waals surface area contributed by atoms with Crippen LogP contribution in [0, 0.1) is 17.0 Å². The van der Waals surface area contributed by atoms with Gasteiger partial charge in [-0.2, -0.15) is 0 Å². The van der Waals surface area contributed by atoms with Gasteiger partial charge >= 0.3 is 0 Å². The third kappa shape index (κ3) is 6.05. The van der Waals surface area contributed by atoms with Gasteiger partial charge in [0.2, 0.25) is 15.9 Å². The predicted molar refractivity (Wildman–Crippen MR) is 108 cm³/mol. The summed E-state index contributed by atoms with van der Waals surface area (Å²) in [7, 11) is -3.80. The Morgan fingerprint density at radius 1 is 1.18 bits per heavy atom. The summed E-state index contributed by atoms with van der Waals surface area (Å²) >= 11 is 0. The Hall–Kier alpha value is -2.94. The SMILES string of the molecule is Cc1ccc([N+](=O)[O-])cc1N(CC(=O)NCCCc1ccccc1)S(C)(=O)=O. The molecule has 0 aliphatic carbocycles. The number of nitro benzene ring substituents is 1. The molecule has 0 aliphatic rings. The van der Waals surface area contributed by atoms with Crippen LogP contribution in [0.5, 0.6) is 0 Å². The van der Waals surface area contributed by atoms with Gasteiger partial charge in [-0.25, -0.2) is 8.42 Å². The van der Waals surface area contributed by atoms with E-state index in [1.165, 1.54) is 18.2 Å². The summed E-state index contributed by atoms with van der Waals surface area (Å²) in [6.45, 7) is 1.60. The van der Waals surface area contributed by atoms with Gasteiger partial charge in [0.1, 0.15) is 6.54 Å². The van der Waals surface area contributed by atoms with Crippen molar-refractivity contribution in [2.75, 3.05) is 23.7 Å². The summed E-state index contributed by atoms with van der Waals surface area (Å²) in [5, 5.41) is 13.7. The van der Waals surface area contributed by atoms with Crippen LogP contribution in [0.15, 0.2) is 48.5 Å². The molecule has 2 rings (SSSR count). The third-order valence-corrected chi connectivity index (χ3v) is 5.29. The van der Waals surface area contributed by atoms with Crippen LogP contribution in [0.25, 0.3) is 0 Å². The van der Waals surface area contributed by atoms with E-state index in [-0.39, 0.29) is 11.4 Å². The summed E-state index contributed by atoms with van der Waals surface area (Å²) in [5.74, 6) is -0.468. The average Bonchev–Trinajstić information content (AvgIpc) is 2.64. The molecule has 0 saturated heterocycles. The van der Waals surface area contributed by atoms with Crippen LogP contribution in [0.3, 0.4) is 0 Å². The molecular weight excluding hydrogens is 382 g/mol. The van der Waals surface area contributed by atoms with Crippen LogP contribution < -0.4 is 9.62 Å². The lowest BCUT2D eigenvalue weighted by atomic mass is 10.1. The summed E-state index contributed by atoms with van der Waals surface area (Å²) in [5.41, 5.74) is 1.56. The fourth-order valence-electron chi connectivity index (χ4n) is 2.71. The van der Waals surface area contributed by atoms with E-state index in [2.05, 4.69) is 5.32 Å². The number of nitro groups is 1. The largest absolute Gasteiger partial charge is 0.355 e. The van der Waals surface area contributed by atoms with Crippen molar-refractivity contribution < 1.29 is 18.1 Å². The number of rotatable bonds is 9. The highest BCUT2D eigenvalue weighted by Gasteiger charge is 2.24. The smallest absolute Gasteiger partial charge is 0.271 e.